The zero-order valence-corrected chi connectivity index (χ0v) is 9.09. The molecule has 0 saturated carbocycles. The lowest BCUT2D eigenvalue weighted by Crippen LogP contribution is -1.92. The van der Waals surface area contributed by atoms with Gasteiger partial charge in [-0.05, 0) is 43.3 Å². The first-order valence-corrected chi connectivity index (χ1v) is 5.34. The van der Waals surface area contributed by atoms with E-state index < -0.39 is 0 Å². The fourth-order valence-corrected chi connectivity index (χ4v) is 1.96. The van der Waals surface area contributed by atoms with E-state index in [1.54, 1.807) is 0 Å². The lowest BCUT2D eigenvalue weighted by molar-refractivity contribution is 1.09. The molecule has 0 saturated heterocycles. The molecular formula is C14H12N2. The summed E-state index contributed by atoms with van der Waals surface area (Å²) in [4.78, 5) is 4.53. The van der Waals surface area contributed by atoms with Crippen molar-refractivity contribution >= 4 is 10.9 Å². The number of hydrogen-bond acceptors (Lipinski definition) is 1. The van der Waals surface area contributed by atoms with Crippen LogP contribution in [0.5, 0.6) is 0 Å². The fraction of sp³-hybridized carbons (Fsp3) is 0.0714. The Morgan fingerprint density at radius 1 is 0.938 bits per heavy atom. The van der Waals surface area contributed by atoms with Crippen molar-refractivity contribution in [1.82, 2.24) is 9.55 Å². The van der Waals surface area contributed by atoms with Crippen LogP contribution in [0.25, 0.3) is 16.6 Å². The van der Waals surface area contributed by atoms with E-state index in [2.05, 4.69) is 46.2 Å². The maximum atomic E-state index is 4.53. The van der Waals surface area contributed by atoms with Gasteiger partial charge in [-0.2, -0.15) is 0 Å². The molecule has 78 valence electrons. The Kier molecular flexibility index (Phi) is 2.00. The normalized spacial score (nSPS) is 10.8. The van der Waals surface area contributed by atoms with Crippen LogP contribution >= 0.6 is 0 Å². The average molecular weight is 208 g/mol. The summed E-state index contributed by atoms with van der Waals surface area (Å²) in [5.41, 5.74) is 3.28. The summed E-state index contributed by atoms with van der Waals surface area (Å²) >= 11 is 0. The Morgan fingerprint density at radius 3 is 2.56 bits per heavy atom. The summed E-state index contributed by atoms with van der Waals surface area (Å²) in [6.07, 6.45) is 4.10. The second-order valence-electron chi connectivity index (χ2n) is 3.89. The molecule has 0 fully saturated rings. The van der Waals surface area contributed by atoms with Gasteiger partial charge >= 0.3 is 0 Å². The highest BCUT2D eigenvalue weighted by atomic mass is 14.9. The molecule has 2 aromatic heterocycles. The summed E-state index contributed by atoms with van der Waals surface area (Å²) in [6, 6.07) is 14.4. The first kappa shape index (κ1) is 9.16. The lowest BCUT2D eigenvalue weighted by Gasteiger charge is -2.07. The van der Waals surface area contributed by atoms with E-state index in [4.69, 9.17) is 0 Å². The van der Waals surface area contributed by atoms with Crippen LogP contribution in [-0.2, 0) is 0 Å². The van der Waals surface area contributed by atoms with E-state index in [9.17, 15) is 0 Å². The highest BCUT2D eigenvalue weighted by molar-refractivity contribution is 5.87. The summed E-state index contributed by atoms with van der Waals surface area (Å²) < 4.78 is 2.11. The average Bonchev–Trinajstić information content (AvgIpc) is 2.81. The summed E-state index contributed by atoms with van der Waals surface area (Å²) in [6.45, 7) is 2.02. The van der Waals surface area contributed by atoms with E-state index in [0.29, 0.717) is 0 Å². The number of nitrogens with zero attached hydrogens (tertiary/aromatic N) is 2. The molecule has 0 atom stereocenters. The molecule has 2 nitrogen and oxygen atoms in total. The highest BCUT2D eigenvalue weighted by Gasteiger charge is 2.02. The Balaban J connectivity index is 2.34. The molecule has 0 radical (unpaired) electrons. The van der Waals surface area contributed by atoms with Crippen molar-refractivity contribution in [2.45, 2.75) is 6.92 Å². The zero-order chi connectivity index (χ0) is 11.0. The van der Waals surface area contributed by atoms with Gasteiger partial charge in [-0.15, -0.1) is 0 Å². The van der Waals surface area contributed by atoms with E-state index in [-0.39, 0.29) is 0 Å². The van der Waals surface area contributed by atoms with E-state index in [0.717, 1.165) is 11.2 Å². The molecule has 0 spiro atoms. The van der Waals surface area contributed by atoms with Gasteiger partial charge in [0.1, 0.15) is 0 Å². The van der Waals surface area contributed by atoms with E-state index in [1.807, 2.05) is 25.1 Å². The van der Waals surface area contributed by atoms with Gasteiger partial charge in [0.05, 0.1) is 11.2 Å². The third-order valence-electron chi connectivity index (χ3n) is 2.73. The molecular weight excluding hydrogens is 196 g/mol. The third-order valence-corrected chi connectivity index (χ3v) is 2.73. The molecule has 3 rings (SSSR count). The maximum Gasteiger partial charge on any atom is 0.0726 e. The minimum Gasteiger partial charge on any atom is -0.323 e. The number of hydrogen-bond donors (Lipinski definition) is 0. The monoisotopic (exact) mass is 208 g/mol. The standard InChI is InChI=1S/C14H12N2/c1-11-7-8-12-13(15-11)5-4-6-14(12)16-9-2-3-10-16/h2-10H,1H3. The first-order valence-electron chi connectivity index (χ1n) is 5.34. The molecule has 2 heteroatoms. The van der Waals surface area contributed by atoms with Crippen molar-refractivity contribution in [1.29, 1.82) is 0 Å². The van der Waals surface area contributed by atoms with Crippen molar-refractivity contribution < 1.29 is 0 Å². The fourth-order valence-electron chi connectivity index (χ4n) is 1.96. The third kappa shape index (κ3) is 1.39. The van der Waals surface area contributed by atoms with Crippen molar-refractivity contribution in [3.05, 3.63) is 60.6 Å². The van der Waals surface area contributed by atoms with Gasteiger partial charge < -0.3 is 4.57 Å². The van der Waals surface area contributed by atoms with Crippen molar-refractivity contribution in [2.75, 3.05) is 0 Å². The molecule has 0 unspecified atom stereocenters. The predicted molar refractivity (Wildman–Crippen MR) is 65.8 cm³/mol. The van der Waals surface area contributed by atoms with Crippen LogP contribution in [-0.4, -0.2) is 9.55 Å². The van der Waals surface area contributed by atoms with Gasteiger partial charge in [0.25, 0.3) is 0 Å². The molecule has 1 aromatic carbocycles. The minimum atomic E-state index is 1.05. The largest absolute Gasteiger partial charge is 0.323 e. The van der Waals surface area contributed by atoms with Crippen molar-refractivity contribution in [2.24, 2.45) is 0 Å². The number of aromatic nitrogens is 2. The van der Waals surface area contributed by atoms with Crippen LogP contribution in [0.15, 0.2) is 54.9 Å². The van der Waals surface area contributed by atoms with Crippen LogP contribution in [0.3, 0.4) is 0 Å². The number of rotatable bonds is 1. The molecule has 2 heterocycles. The predicted octanol–water partition coefficient (Wildman–Crippen LogP) is 3.33. The summed E-state index contributed by atoms with van der Waals surface area (Å²) in [7, 11) is 0. The van der Waals surface area contributed by atoms with Crippen molar-refractivity contribution in [3.8, 4) is 5.69 Å². The van der Waals surface area contributed by atoms with Gasteiger partial charge in [-0.25, -0.2) is 0 Å². The van der Waals surface area contributed by atoms with Crippen LogP contribution in [0.1, 0.15) is 5.69 Å². The molecule has 16 heavy (non-hydrogen) atoms. The van der Waals surface area contributed by atoms with Crippen LogP contribution in [0.2, 0.25) is 0 Å². The van der Waals surface area contributed by atoms with Gasteiger partial charge in [0.15, 0.2) is 0 Å². The lowest BCUT2D eigenvalue weighted by atomic mass is 10.1. The number of fused-ring (bicyclic) bond motifs is 1. The first-order chi connectivity index (χ1) is 7.84. The van der Waals surface area contributed by atoms with Gasteiger partial charge in [-0.1, -0.05) is 6.07 Å². The number of aryl methyl sites for hydroxylation is 1. The SMILES string of the molecule is Cc1ccc2c(-n3cccc3)cccc2n1. The molecule has 0 amide bonds. The van der Waals surface area contributed by atoms with Gasteiger partial charge in [-0.3, -0.25) is 4.98 Å². The van der Waals surface area contributed by atoms with Crippen LogP contribution in [0, 0.1) is 6.92 Å². The Hall–Kier alpha value is -2.09. The molecule has 0 aliphatic carbocycles. The molecule has 0 N–H and O–H groups in total. The van der Waals surface area contributed by atoms with E-state index >= 15 is 0 Å². The minimum absolute atomic E-state index is 1.05. The van der Waals surface area contributed by atoms with Crippen LogP contribution < -0.4 is 0 Å². The molecule has 0 aliphatic rings. The second kappa shape index (κ2) is 3.49. The number of pyridine rings is 1. The molecule has 0 bridgehead atoms. The quantitative estimate of drug-likeness (QED) is 0.599. The van der Waals surface area contributed by atoms with E-state index in [1.165, 1.54) is 11.1 Å². The number of benzene rings is 1. The zero-order valence-electron chi connectivity index (χ0n) is 9.09. The van der Waals surface area contributed by atoms with Crippen LogP contribution in [0.4, 0.5) is 0 Å². The second-order valence-corrected chi connectivity index (χ2v) is 3.89. The van der Waals surface area contributed by atoms with Crippen molar-refractivity contribution in [3.63, 3.8) is 0 Å². The summed E-state index contributed by atoms with van der Waals surface area (Å²) in [5, 5.41) is 1.18. The smallest absolute Gasteiger partial charge is 0.0726 e. The Morgan fingerprint density at radius 2 is 1.75 bits per heavy atom. The molecule has 0 aliphatic heterocycles. The topological polar surface area (TPSA) is 17.8 Å². The van der Waals surface area contributed by atoms with Gasteiger partial charge in [0.2, 0.25) is 0 Å². The van der Waals surface area contributed by atoms with Gasteiger partial charge in [0, 0.05) is 23.5 Å². The molecule has 3 aromatic rings. The Labute approximate surface area is 94.2 Å². The highest BCUT2D eigenvalue weighted by Crippen LogP contribution is 2.21. The summed E-state index contributed by atoms with van der Waals surface area (Å²) in [5.74, 6) is 0. The maximum absolute atomic E-state index is 4.53. The Bertz CT molecular complexity index is 624.